The van der Waals surface area contributed by atoms with E-state index in [2.05, 4.69) is 9.47 Å². The Morgan fingerprint density at radius 1 is 1.03 bits per heavy atom. The molecular formula is C17H10ClF7N2O4. The maximum atomic E-state index is 14.0. The number of benzene rings is 2. The lowest BCUT2D eigenvalue weighted by atomic mass is 10.2. The van der Waals surface area contributed by atoms with Gasteiger partial charge in [-0.2, -0.15) is 8.78 Å². The molecule has 168 valence electrons. The van der Waals surface area contributed by atoms with Crippen molar-refractivity contribution in [1.29, 1.82) is 0 Å². The highest BCUT2D eigenvalue weighted by Gasteiger charge is 2.50. The molecule has 3 amide bonds. The molecule has 6 nitrogen and oxygen atoms in total. The molecule has 0 heterocycles. The van der Waals surface area contributed by atoms with Gasteiger partial charge in [0.2, 0.25) is 0 Å². The van der Waals surface area contributed by atoms with E-state index in [0.29, 0.717) is 12.1 Å². The lowest BCUT2D eigenvalue weighted by Crippen LogP contribution is -2.41. The van der Waals surface area contributed by atoms with Crippen LogP contribution >= 0.6 is 11.6 Å². The summed E-state index contributed by atoms with van der Waals surface area (Å²) in [5.41, 5.74) is -0.684. The zero-order chi connectivity index (χ0) is 23.4. The SMILES string of the molecule is O=C(NC(=O)c1ccccc1Cl)Nc1ccc(OC(F)(F)C(F)OC(F)(F)F)cc1F. The minimum absolute atomic E-state index is 0.0297. The summed E-state index contributed by atoms with van der Waals surface area (Å²) in [5, 5.41) is 3.76. The molecule has 2 aromatic rings. The number of hydrogen-bond acceptors (Lipinski definition) is 4. The van der Waals surface area contributed by atoms with Crippen LogP contribution in [0.2, 0.25) is 5.02 Å². The summed E-state index contributed by atoms with van der Waals surface area (Å²) in [7, 11) is 0. The number of hydrogen-bond donors (Lipinski definition) is 2. The van der Waals surface area contributed by atoms with Crippen LogP contribution in [0.25, 0.3) is 0 Å². The van der Waals surface area contributed by atoms with Crippen LogP contribution in [-0.4, -0.2) is 30.8 Å². The second kappa shape index (κ2) is 9.39. The number of carbonyl (C=O) groups excluding carboxylic acids is 2. The van der Waals surface area contributed by atoms with E-state index in [1.54, 1.807) is 0 Å². The van der Waals surface area contributed by atoms with Gasteiger partial charge in [0, 0.05) is 6.07 Å². The monoisotopic (exact) mass is 474 g/mol. The first-order valence-corrected chi connectivity index (χ1v) is 8.28. The normalized spacial score (nSPS) is 12.8. The number of ether oxygens (including phenoxy) is 2. The number of rotatable bonds is 6. The minimum Gasteiger partial charge on any atom is -0.428 e. The maximum Gasteiger partial charge on any atom is 0.525 e. The molecule has 0 aliphatic rings. The molecule has 14 heteroatoms. The highest BCUT2D eigenvalue weighted by Crippen LogP contribution is 2.32. The largest absolute Gasteiger partial charge is 0.525 e. The van der Waals surface area contributed by atoms with Gasteiger partial charge in [-0.05, 0) is 24.3 Å². The molecule has 0 saturated carbocycles. The number of carbonyl (C=O) groups is 2. The van der Waals surface area contributed by atoms with E-state index in [-0.39, 0.29) is 16.7 Å². The lowest BCUT2D eigenvalue weighted by molar-refractivity contribution is -0.411. The fraction of sp³-hybridized carbons (Fsp3) is 0.176. The molecule has 2 aromatic carbocycles. The Morgan fingerprint density at radius 3 is 2.26 bits per heavy atom. The van der Waals surface area contributed by atoms with Crippen LogP contribution in [0.3, 0.4) is 0 Å². The zero-order valence-corrected chi connectivity index (χ0v) is 15.5. The van der Waals surface area contributed by atoms with E-state index in [1.165, 1.54) is 24.3 Å². The summed E-state index contributed by atoms with van der Waals surface area (Å²) in [6.45, 7) is 0. The fourth-order valence-electron chi connectivity index (χ4n) is 2.02. The van der Waals surface area contributed by atoms with Crippen LogP contribution in [-0.2, 0) is 4.74 Å². The molecule has 0 aliphatic heterocycles. The summed E-state index contributed by atoms with van der Waals surface area (Å²) >= 11 is 5.79. The first-order valence-electron chi connectivity index (χ1n) is 7.90. The zero-order valence-electron chi connectivity index (χ0n) is 14.8. The number of nitrogens with one attached hydrogen (secondary N) is 2. The summed E-state index contributed by atoms with van der Waals surface area (Å²) < 4.78 is 95.4. The standard InChI is InChI=1S/C17H10ClF7N2O4/c18-10-4-2-1-3-9(10)13(28)27-15(29)26-12-6-5-8(7-11(12)19)30-16(21,22)14(20)31-17(23,24)25/h1-7,14H,(H2,26,27,28,29). The van der Waals surface area contributed by atoms with E-state index in [4.69, 9.17) is 11.6 Å². The second-order valence-electron chi connectivity index (χ2n) is 5.57. The average Bonchev–Trinajstić information content (AvgIpc) is 2.62. The van der Waals surface area contributed by atoms with Gasteiger partial charge < -0.3 is 10.1 Å². The maximum absolute atomic E-state index is 14.0. The first kappa shape index (κ1) is 24.2. The molecule has 0 aromatic heterocycles. The third kappa shape index (κ3) is 7.00. The number of amides is 3. The van der Waals surface area contributed by atoms with Gasteiger partial charge in [-0.1, -0.05) is 23.7 Å². The lowest BCUT2D eigenvalue weighted by Gasteiger charge is -2.22. The molecule has 2 rings (SSSR count). The van der Waals surface area contributed by atoms with E-state index in [0.717, 1.165) is 0 Å². The average molecular weight is 475 g/mol. The third-order valence-corrected chi connectivity index (χ3v) is 3.62. The van der Waals surface area contributed by atoms with Crippen molar-refractivity contribution in [2.24, 2.45) is 0 Å². The van der Waals surface area contributed by atoms with Gasteiger partial charge >= 0.3 is 24.9 Å². The Balaban J connectivity index is 2.03. The van der Waals surface area contributed by atoms with Crippen molar-refractivity contribution < 1.29 is 49.8 Å². The Morgan fingerprint density at radius 2 is 1.68 bits per heavy atom. The predicted molar refractivity (Wildman–Crippen MR) is 91.9 cm³/mol. The van der Waals surface area contributed by atoms with E-state index in [9.17, 15) is 40.3 Å². The van der Waals surface area contributed by atoms with Crippen molar-refractivity contribution in [3.63, 3.8) is 0 Å². The molecule has 1 unspecified atom stereocenters. The molecule has 2 N–H and O–H groups in total. The third-order valence-electron chi connectivity index (χ3n) is 3.29. The fourth-order valence-corrected chi connectivity index (χ4v) is 2.24. The van der Waals surface area contributed by atoms with E-state index < -0.39 is 48.0 Å². The number of anilines is 1. The molecule has 0 fully saturated rings. The molecule has 31 heavy (non-hydrogen) atoms. The van der Waals surface area contributed by atoms with Crippen molar-refractivity contribution in [1.82, 2.24) is 5.32 Å². The van der Waals surface area contributed by atoms with Crippen molar-refractivity contribution >= 4 is 29.2 Å². The van der Waals surface area contributed by atoms with Crippen LogP contribution in [0, 0.1) is 5.82 Å². The van der Waals surface area contributed by atoms with E-state index >= 15 is 0 Å². The summed E-state index contributed by atoms with van der Waals surface area (Å²) in [5.74, 6) is -3.39. The number of urea groups is 1. The van der Waals surface area contributed by atoms with Gasteiger partial charge in [0.25, 0.3) is 5.91 Å². The van der Waals surface area contributed by atoms with Gasteiger partial charge in [-0.25, -0.2) is 18.3 Å². The summed E-state index contributed by atoms with van der Waals surface area (Å²) in [4.78, 5) is 23.8. The molecule has 1 atom stereocenters. The Bertz CT molecular complexity index is 972. The highest BCUT2D eigenvalue weighted by molar-refractivity contribution is 6.34. The Labute approximate surface area is 173 Å². The molecule has 0 bridgehead atoms. The van der Waals surface area contributed by atoms with Crippen LogP contribution in [0.1, 0.15) is 10.4 Å². The van der Waals surface area contributed by atoms with Gasteiger partial charge in [-0.3, -0.25) is 10.1 Å². The Kier molecular flexibility index (Phi) is 7.33. The van der Waals surface area contributed by atoms with Gasteiger partial charge in [0.05, 0.1) is 16.3 Å². The van der Waals surface area contributed by atoms with Gasteiger partial charge in [0.15, 0.2) is 0 Å². The summed E-state index contributed by atoms with van der Waals surface area (Å²) in [6.07, 6.45) is -15.1. The molecule has 0 spiro atoms. The topological polar surface area (TPSA) is 76.7 Å². The van der Waals surface area contributed by atoms with Gasteiger partial charge in [0.1, 0.15) is 11.6 Å². The highest BCUT2D eigenvalue weighted by atomic mass is 35.5. The van der Waals surface area contributed by atoms with Gasteiger partial charge in [-0.15, -0.1) is 13.2 Å². The van der Waals surface area contributed by atoms with Crippen LogP contribution in [0.4, 0.5) is 41.2 Å². The van der Waals surface area contributed by atoms with Crippen molar-refractivity contribution in [3.05, 3.63) is 58.9 Å². The Hall–Kier alpha value is -3.06. The molecule has 0 saturated heterocycles. The van der Waals surface area contributed by atoms with E-state index in [1.807, 2.05) is 10.6 Å². The summed E-state index contributed by atoms with van der Waals surface area (Å²) in [6, 6.07) is 5.98. The molecule has 0 radical (unpaired) electrons. The molecule has 0 aliphatic carbocycles. The smallest absolute Gasteiger partial charge is 0.428 e. The predicted octanol–water partition coefficient (Wildman–Crippen LogP) is 5.24. The number of halogens is 8. The van der Waals surface area contributed by atoms with Crippen LogP contribution in [0.5, 0.6) is 5.75 Å². The van der Waals surface area contributed by atoms with Crippen LogP contribution in [0.15, 0.2) is 42.5 Å². The number of alkyl halides is 6. The minimum atomic E-state index is -5.71. The van der Waals surface area contributed by atoms with Crippen molar-refractivity contribution in [2.75, 3.05) is 5.32 Å². The van der Waals surface area contributed by atoms with Crippen molar-refractivity contribution in [2.45, 2.75) is 18.8 Å². The first-order chi connectivity index (χ1) is 14.3. The van der Waals surface area contributed by atoms with Crippen molar-refractivity contribution in [3.8, 4) is 5.75 Å². The quantitative estimate of drug-likeness (QED) is 0.561. The molecular weight excluding hydrogens is 465 g/mol. The number of imide groups is 1. The second-order valence-corrected chi connectivity index (χ2v) is 5.98. The van der Waals surface area contributed by atoms with Crippen LogP contribution < -0.4 is 15.4 Å².